The average Bonchev–Trinajstić information content (AvgIpc) is 2.31. The van der Waals surface area contributed by atoms with E-state index < -0.39 is 7.28 Å². The second kappa shape index (κ2) is 4.53. The Hall–Kier alpha value is 0.310. The SMILES string of the molecule is OP(O)(O)(C1CCCCC1)C1CCCCC1. The standard InChI is InChI=1S/C12H25O3P/c13-16(14,15,11-7-3-1-4-8-11)12-9-5-2-6-10-12/h11-15H,1-10H2. The van der Waals surface area contributed by atoms with Crippen LogP contribution in [0.4, 0.5) is 0 Å². The maximum atomic E-state index is 10.5. The van der Waals surface area contributed by atoms with Crippen molar-refractivity contribution in [2.45, 2.75) is 75.5 Å². The van der Waals surface area contributed by atoms with Crippen LogP contribution in [-0.2, 0) is 0 Å². The molecule has 2 fully saturated rings. The molecule has 16 heavy (non-hydrogen) atoms. The quantitative estimate of drug-likeness (QED) is 0.658. The van der Waals surface area contributed by atoms with Crippen LogP contribution in [0.2, 0.25) is 0 Å². The van der Waals surface area contributed by atoms with Crippen LogP contribution in [0.25, 0.3) is 0 Å². The second-order valence-corrected chi connectivity index (χ2v) is 9.37. The zero-order chi connectivity index (χ0) is 11.7. The molecule has 0 unspecified atom stereocenters. The Morgan fingerprint density at radius 3 is 1.19 bits per heavy atom. The van der Waals surface area contributed by atoms with Crippen LogP contribution in [0.15, 0.2) is 0 Å². The zero-order valence-corrected chi connectivity index (χ0v) is 10.9. The summed E-state index contributed by atoms with van der Waals surface area (Å²) < 4.78 is 0. The van der Waals surface area contributed by atoms with Gasteiger partial charge in [-0.25, -0.2) is 0 Å². The van der Waals surface area contributed by atoms with Crippen molar-refractivity contribution >= 4 is 7.28 Å². The fraction of sp³-hybridized carbons (Fsp3) is 1.00. The van der Waals surface area contributed by atoms with Crippen molar-refractivity contribution in [3.8, 4) is 0 Å². The van der Waals surface area contributed by atoms with Crippen LogP contribution >= 0.6 is 7.28 Å². The Bertz CT molecular complexity index is 212. The Morgan fingerprint density at radius 2 is 0.875 bits per heavy atom. The van der Waals surface area contributed by atoms with Gasteiger partial charge in [-0.2, -0.15) is 0 Å². The predicted octanol–water partition coefficient (Wildman–Crippen LogP) is 2.93. The summed E-state index contributed by atoms with van der Waals surface area (Å²) >= 11 is 0. The zero-order valence-electron chi connectivity index (χ0n) is 10.0. The Morgan fingerprint density at radius 1 is 0.562 bits per heavy atom. The van der Waals surface area contributed by atoms with Crippen molar-refractivity contribution in [3.05, 3.63) is 0 Å². The molecular weight excluding hydrogens is 223 g/mol. The third kappa shape index (κ3) is 2.43. The van der Waals surface area contributed by atoms with E-state index in [1.165, 1.54) is 12.8 Å². The molecule has 2 rings (SSSR count). The molecule has 0 aromatic heterocycles. The van der Waals surface area contributed by atoms with Crippen LogP contribution in [0.1, 0.15) is 64.2 Å². The molecule has 0 bridgehead atoms. The number of rotatable bonds is 2. The Labute approximate surface area is 98.1 Å². The fourth-order valence-electron chi connectivity index (χ4n) is 3.45. The van der Waals surface area contributed by atoms with Gasteiger partial charge in [-0.3, -0.25) is 0 Å². The van der Waals surface area contributed by atoms with Crippen LogP contribution < -0.4 is 0 Å². The molecule has 0 aromatic carbocycles. The van der Waals surface area contributed by atoms with E-state index in [0.717, 1.165) is 51.4 Å². The first kappa shape index (κ1) is 12.8. The van der Waals surface area contributed by atoms with Gasteiger partial charge in [-0.15, -0.1) is 0 Å². The molecule has 2 aliphatic carbocycles. The van der Waals surface area contributed by atoms with E-state index in [0.29, 0.717) is 0 Å². The van der Waals surface area contributed by atoms with Crippen LogP contribution in [-0.4, -0.2) is 26.0 Å². The van der Waals surface area contributed by atoms with Gasteiger partial charge in [0.2, 0.25) is 0 Å². The van der Waals surface area contributed by atoms with Gasteiger partial charge in [0.05, 0.1) is 0 Å². The summed E-state index contributed by atoms with van der Waals surface area (Å²) in [5.41, 5.74) is -0.439. The first-order valence-corrected chi connectivity index (χ1v) is 8.98. The van der Waals surface area contributed by atoms with Crippen molar-refractivity contribution < 1.29 is 14.7 Å². The van der Waals surface area contributed by atoms with Crippen molar-refractivity contribution in [1.82, 2.24) is 0 Å². The molecule has 0 radical (unpaired) electrons. The van der Waals surface area contributed by atoms with Crippen LogP contribution in [0.3, 0.4) is 0 Å². The van der Waals surface area contributed by atoms with E-state index in [2.05, 4.69) is 0 Å². The maximum absolute atomic E-state index is 10.5. The molecule has 2 aliphatic rings. The third-order valence-corrected chi connectivity index (χ3v) is 8.39. The molecular formula is C12H25O3P. The van der Waals surface area contributed by atoms with Gasteiger partial charge in [0.15, 0.2) is 0 Å². The minimum absolute atomic E-state index is 0.220. The first-order chi connectivity index (χ1) is 7.49. The number of hydrogen-bond acceptors (Lipinski definition) is 3. The van der Waals surface area contributed by atoms with E-state index in [-0.39, 0.29) is 11.3 Å². The topological polar surface area (TPSA) is 60.7 Å². The van der Waals surface area contributed by atoms with E-state index in [1.807, 2.05) is 0 Å². The van der Waals surface area contributed by atoms with Gasteiger partial charge in [0.25, 0.3) is 0 Å². The molecule has 0 atom stereocenters. The van der Waals surface area contributed by atoms with Crippen molar-refractivity contribution in [1.29, 1.82) is 0 Å². The average molecular weight is 248 g/mol. The minimum atomic E-state index is -4.38. The van der Waals surface area contributed by atoms with Crippen molar-refractivity contribution in [2.24, 2.45) is 0 Å². The molecule has 0 heterocycles. The Kier molecular flexibility index (Phi) is 3.61. The monoisotopic (exact) mass is 248 g/mol. The van der Waals surface area contributed by atoms with Gasteiger partial charge < -0.3 is 0 Å². The second-order valence-electron chi connectivity index (χ2n) is 5.69. The summed E-state index contributed by atoms with van der Waals surface area (Å²) in [7, 11) is -4.38. The molecule has 0 spiro atoms. The summed E-state index contributed by atoms with van der Waals surface area (Å²) in [5, 5.41) is 0. The third-order valence-electron chi connectivity index (χ3n) is 4.55. The molecule has 3 N–H and O–H groups in total. The molecule has 0 aromatic rings. The molecule has 0 amide bonds. The van der Waals surface area contributed by atoms with Gasteiger partial charge in [0, 0.05) is 0 Å². The first-order valence-electron chi connectivity index (χ1n) is 6.75. The summed E-state index contributed by atoms with van der Waals surface area (Å²) in [6, 6.07) is 0. The van der Waals surface area contributed by atoms with Gasteiger partial charge >= 0.3 is 97.5 Å². The predicted molar refractivity (Wildman–Crippen MR) is 67.3 cm³/mol. The molecule has 96 valence electrons. The van der Waals surface area contributed by atoms with E-state index in [9.17, 15) is 14.7 Å². The normalized spacial score (nSPS) is 28.6. The molecule has 0 saturated heterocycles. The molecule has 4 heteroatoms. The van der Waals surface area contributed by atoms with Gasteiger partial charge in [0.1, 0.15) is 0 Å². The van der Waals surface area contributed by atoms with E-state index in [1.54, 1.807) is 0 Å². The summed E-state index contributed by atoms with van der Waals surface area (Å²) in [6.45, 7) is 0. The van der Waals surface area contributed by atoms with Crippen molar-refractivity contribution in [3.63, 3.8) is 0 Å². The fourth-order valence-corrected chi connectivity index (χ4v) is 6.76. The number of hydrogen-bond donors (Lipinski definition) is 3. The van der Waals surface area contributed by atoms with Crippen molar-refractivity contribution in [2.75, 3.05) is 0 Å². The van der Waals surface area contributed by atoms with E-state index >= 15 is 0 Å². The van der Waals surface area contributed by atoms with Crippen LogP contribution in [0, 0.1) is 0 Å². The molecule has 0 aliphatic heterocycles. The summed E-state index contributed by atoms with van der Waals surface area (Å²) in [5.74, 6) is 0. The summed E-state index contributed by atoms with van der Waals surface area (Å²) in [6.07, 6.45) is 9.72. The van der Waals surface area contributed by atoms with Gasteiger partial charge in [-0.1, -0.05) is 0 Å². The molecule has 2 saturated carbocycles. The van der Waals surface area contributed by atoms with Crippen LogP contribution in [0.5, 0.6) is 0 Å². The molecule has 3 nitrogen and oxygen atoms in total. The van der Waals surface area contributed by atoms with Gasteiger partial charge in [-0.05, 0) is 0 Å². The van der Waals surface area contributed by atoms with E-state index in [4.69, 9.17) is 0 Å². The summed E-state index contributed by atoms with van der Waals surface area (Å²) in [4.78, 5) is 31.4. The Balaban J connectivity index is 2.10.